The third-order valence-corrected chi connectivity index (χ3v) is 5.08. The van der Waals surface area contributed by atoms with Gasteiger partial charge >= 0.3 is 0 Å². The van der Waals surface area contributed by atoms with E-state index in [4.69, 9.17) is 0 Å². The van der Waals surface area contributed by atoms with Crippen LogP contribution in [0.2, 0.25) is 0 Å². The summed E-state index contributed by atoms with van der Waals surface area (Å²) in [4.78, 5) is 15.4. The van der Waals surface area contributed by atoms with E-state index in [2.05, 4.69) is 30.0 Å². The van der Waals surface area contributed by atoms with Crippen LogP contribution in [-0.4, -0.2) is 29.8 Å². The Morgan fingerprint density at radius 2 is 1.81 bits per heavy atom. The number of carbonyl (C=O) groups is 1. The number of rotatable bonds is 5. The van der Waals surface area contributed by atoms with Crippen LogP contribution in [0.1, 0.15) is 66.9 Å². The molecule has 114 valence electrons. The number of likely N-dealkylation sites (tertiary alicyclic amines) is 1. The van der Waals surface area contributed by atoms with E-state index in [1.165, 1.54) is 43.2 Å². The highest BCUT2D eigenvalue weighted by molar-refractivity contribution is 6.00. The fraction of sp³-hybridized carbons (Fsp3) is 0.632. The summed E-state index contributed by atoms with van der Waals surface area (Å²) in [6, 6.07) is 6.58. The topological polar surface area (TPSA) is 20.3 Å². The first-order valence-corrected chi connectivity index (χ1v) is 8.69. The molecule has 3 rings (SSSR count). The van der Waals surface area contributed by atoms with Crippen molar-refractivity contribution in [3.05, 3.63) is 34.9 Å². The molecule has 2 heteroatoms. The first kappa shape index (κ1) is 14.8. The third kappa shape index (κ3) is 3.21. The van der Waals surface area contributed by atoms with E-state index < -0.39 is 0 Å². The molecule has 0 aromatic heterocycles. The average Bonchev–Trinajstić information content (AvgIpc) is 3.05. The van der Waals surface area contributed by atoms with E-state index >= 15 is 0 Å². The molecule has 1 aromatic rings. The number of fused-ring (bicyclic) bond motifs is 1. The highest BCUT2D eigenvalue weighted by Crippen LogP contribution is 2.25. The van der Waals surface area contributed by atoms with E-state index in [1.54, 1.807) is 0 Å². The van der Waals surface area contributed by atoms with E-state index in [9.17, 15) is 4.79 Å². The van der Waals surface area contributed by atoms with Gasteiger partial charge in [-0.15, -0.1) is 0 Å². The molecule has 1 saturated heterocycles. The van der Waals surface area contributed by atoms with Crippen LogP contribution in [-0.2, 0) is 12.8 Å². The summed E-state index contributed by atoms with van der Waals surface area (Å²) in [6.45, 7) is 4.38. The fourth-order valence-corrected chi connectivity index (χ4v) is 3.89. The zero-order chi connectivity index (χ0) is 14.7. The second kappa shape index (κ2) is 6.74. The second-order valence-corrected chi connectivity index (χ2v) is 6.60. The van der Waals surface area contributed by atoms with Crippen LogP contribution in [0.3, 0.4) is 0 Å². The first-order chi connectivity index (χ1) is 10.3. The van der Waals surface area contributed by atoms with Gasteiger partial charge in [-0.3, -0.25) is 9.69 Å². The predicted molar refractivity (Wildman–Crippen MR) is 86.9 cm³/mol. The quantitative estimate of drug-likeness (QED) is 0.762. The van der Waals surface area contributed by atoms with Gasteiger partial charge in [0.25, 0.3) is 0 Å². The average molecular weight is 285 g/mol. The SMILES string of the molecule is CCCC(C(=O)c1ccc2c(c1)CCCC2)N1CCCC1. The lowest BCUT2D eigenvalue weighted by molar-refractivity contribution is 0.0837. The number of nitrogens with zero attached hydrogens (tertiary/aromatic N) is 1. The number of hydrogen-bond donors (Lipinski definition) is 0. The highest BCUT2D eigenvalue weighted by atomic mass is 16.1. The van der Waals surface area contributed by atoms with Crippen molar-refractivity contribution in [2.45, 2.75) is 64.3 Å². The molecule has 1 atom stereocenters. The zero-order valence-corrected chi connectivity index (χ0v) is 13.2. The van der Waals surface area contributed by atoms with Crippen molar-refractivity contribution >= 4 is 5.78 Å². The molecule has 0 N–H and O–H groups in total. The molecule has 2 aliphatic rings. The van der Waals surface area contributed by atoms with Crippen LogP contribution in [0, 0.1) is 0 Å². The van der Waals surface area contributed by atoms with Crippen molar-refractivity contribution in [2.75, 3.05) is 13.1 Å². The molecular formula is C19H27NO. The van der Waals surface area contributed by atoms with Crippen LogP contribution in [0.15, 0.2) is 18.2 Å². The first-order valence-electron chi connectivity index (χ1n) is 8.69. The molecule has 2 nitrogen and oxygen atoms in total. The second-order valence-electron chi connectivity index (χ2n) is 6.60. The van der Waals surface area contributed by atoms with E-state index in [1.807, 2.05) is 0 Å². The Bertz CT molecular complexity index is 502. The maximum absolute atomic E-state index is 13.0. The molecule has 1 aliphatic heterocycles. The molecule has 0 spiro atoms. The minimum atomic E-state index is 0.110. The molecule has 1 aliphatic carbocycles. The van der Waals surface area contributed by atoms with E-state index in [0.717, 1.165) is 37.9 Å². The summed E-state index contributed by atoms with van der Waals surface area (Å²) in [5.41, 5.74) is 3.83. The van der Waals surface area contributed by atoms with Gasteiger partial charge in [0.15, 0.2) is 5.78 Å². The Hall–Kier alpha value is -1.15. The molecule has 0 bridgehead atoms. The monoisotopic (exact) mass is 285 g/mol. The Balaban J connectivity index is 1.81. The third-order valence-electron chi connectivity index (χ3n) is 5.08. The molecule has 0 amide bonds. The Labute approximate surface area is 128 Å². The maximum Gasteiger partial charge on any atom is 0.179 e. The maximum atomic E-state index is 13.0. The van der Waals surface area contributed by atoms with Crippen molar-refractivity contribution in [2.24, 2.45) is 0 Å². The zero-order valence-electron chi connectivity index (χ0n) is 13.2. The van der Waals surface area contributed by atoms with Gasteiger partial charge < -0.3 is 0 Å². The standard InChI is InChI=1S/C19H27NO/c1-2-7-18(20-12-5-6-13-20)19(21)17-11-10-15-8-3-4-9-16(15)14-17/h10-11,14,18H,2-9,12-13H2,1H3. The normalized spacial score (nSPS) is 20.2. The van der Waals surface area contributed by atoms with Crippen LogP contribution in [0.5, 0.6) is 0 Å². The van der Waals surface area contributed by atoms with Gasteiger partial charge in [0, 0.05) is 5.56 Å². The molecule has 1 heterocycles. The minimum absolute atomic E-state index is 0.110. The van der Waals surface area contributed by atoms with Crippen LogP contribution in [0.4, 0.5) is 0 Å². The van der Waals surface area contributed by atoms with Crippen molar-refractivity contribution in [1.82, 2.24) is 4.90 Å². The summed E-state index contributed by atoms with van der Waals surface area (Å²) >= 11 is 0. The molecule has 0 saturated carbocycles. The lowest BCUT2D eigenvalue weighted by Gasteiger charge is -2.26. The Morgan fingerprint density at radius 1 is 1.10 bits per heavy atom. The van der Waals surface area contributed by atoms with Crippen LogP contribution >= 0.6 is 0 Å². The fourth-order valence-electron chi connectivity index (χ4n) is 3.89. The summed E-state index contributed by atoms with van der Waals surface area (Å²) in [7, 11) is 0. The van der Waals surface area contributed by atoms with E-state index in [0.29, 0.717) is 5.78 Å². The van der Waals surface area contributed by atoms with Crippen LogP contribution < -0.4 is 0 Å². The smallest absolute Gasteiger partial charge is 0.179 e. The van der Waals surface area contributed by atoms with E-state index in [-0.39, 0.29) is 6.04 Å². The number of benzene rings is 1. The van der Waals surface area contributed by atoms with Gasteiger partial charge in [-0.1, -0.05) is 25.5 Å². The van der Waals surface area contributed by atoms with Gasteiger partial charge in [0.05, 0.1) is 6.04 Å². The Kier molecular flexibility index (Phi) is 4.74. The van der Waals surface area contributed by atoms with Gasteiger partial charge in [-0.25, -0.2) is 0 Å². The number of hydrogen-bond acceptors (Lipinski definition) is 2. The molecule has 1 aromatic carbocycles. The summed E-state index contributed by atoms with van der Waals surface area (Å²) in [5.74, 6) is 0.354. The Morgan fingerprint density at radius 3 is 2.52 bits per heavy atom. The number of ketones is 1. The lowest BCUT2D eigenvalue weighted by Crippen LogP contribution is -2.39. The van der Waals surface area contributed by atoms with Gasteiger partial charge in [-0.05, 0) is 75.2 Å². The lowest BCUT2D eigenvalue weighted by atomic mass is 9.88. The minimum Gasteiger partial charge on any atom is -0.293 e. The molecule has 0 radical (unpaired) electrons. The van der Waals surface area contributed by atoms with Gasteiger partial charge in [0.2, 0.25) is 0 Å². The molecule has 1 fully saturated rings. The van der Waals surface area contributed by atoms with Gasteiger partial charge in [-0.2, -0.15) is 0 Å². The van der Waals surface area contributed by atoms with Crippen molar-refractivity contribution < 1.29 is 4.79 Å². The molecule has 21 heavy (non-hydrogen) atoms. The number of aryl methyl sites for hydroxylation is 2. The summed E-state index contributed by atoms with van der Waals surface area (Å²) < 4.78 is 0. The molecule has 1 unspecified atom stereocenters. The number of Topliss-reactive ketones (excluding diaryl/α,β-unsaturated/α-hetero) is 1. The van der Waals surface area contributed by atoms with Crippen molar-refractivity contribution in [1.29, 1.82) is 0 Å². The van der Waals surface area contributed by atoms with Gasteiger partial charge in [0.1, 0.15) is 0 Å². The van der Waals surface area contributed by atoms with Crippen LogP contribution in [0.25, 0.3) is 0 Å². The number of carbonyl (C=O) groups excluding carboxylic acids is 1. The summed E-state index contributed by atoms with van der Waals surface area (Å²) in [5, 5.41) is 0. The predicted octanol–water partition coefficient (Wildman–Crippen LogP) is 4.01. The van der Waals surface area contributed by atoms with Crippen molar-refractivity contribution in [3.63, 3.8) is 0 Å². The molecular weight excluding hydrogens is 258 g/mol. The summed E-state index contributed by atoms with van der Waals surface area (Å²) in [6.07, 6.45) is 9.48. The largest absolute Gasteiger partial charge is 0.293 e. The van der Waals surface area contributed by atoms with Crippen molar-refractivity contribution in [3.8, 4) is 0 Å². The highest BCUT2D eigenvalue weighted by Gasteiger charge is 2.28.